The molecule has 5 nitrogen and oxygen atoms in total. The van der Waals surface area contributed by atoms with E-state index in [9.17, 15) is 4.39 Å². The SMILES string of the molecule is COCCN(CC1CNNC1c1ccc(F)cc1)C1CCN(C)CC1. The van der Waals surface area contributed by atoms with Gasteiger partial charge in [0, 0.05) is 38.7 Å². The van der Waals surface area contributed by atoms with Crippen LogP contribution < -0.4 is 10.9 Å². The molecule has 25 heavy (non-hydrogen) atoms. The smallest absolute Gasteiger partial charge is 0.123 e. The van der Waals surface area contributed by atoms with Crippen LogP contribution >= 0.6 is 0 Å². The van der Waals surface area contributed by atoms with Crippen molar-refractivity contribution < 1.29 is 9.13 Å². The van der Waals surface area contributed by atoms with Crippen LogP contribution in [0.2, 0.25) is 0 Å². The minimum Gasteiger partial charge on any atom is -0.383 e. The minimum absolute atomic E-state index is 0.181. The number of nitrogens with zero attached hydrogens (tertiary/aromatic N) is 2. The second-order valence-corrected chi connectivity index (χ2v) is 7.34. The molecule has 0 amide bonds. The van der Waals surface area contributed by atoms with Crippen molar-refractivity contribution in [3.63, 3.8) is 0 Å². The summed E-state index contributed by atoms with van der Waals surface area (Å²) in [6.45, 7) is 6.02. The molecule has 2 unspecified atom stereocenters. The highest BCUT2D eigenvalue weighted by Crippen LogP contribution is 2.27. The molecule has 0 aromatic heterocycles. The fraction of sp³-hybridized carbons (Fsp3) is 0.684. The standard InChI is InChI=1S/C19H31FN4O/c1-23-9-7-18(8-10-23)24(11-12-25-2)14-16-13-21-22-19(16)15-3-5-17(20)6-4-15/h3-6,16,18-19,21-22H,7-14H2,1-2H3. The first kappa shape index (κ1) is 18.7. The third-order valence-corrected chi connectivity index (χ3v) is 5.58. The number of hydrogen-bond acceptors (Lipinski definition) is 5. The quantitative estimate of drug-likeness (QED) is 0.782. The Labute approximate surface area is 150 Å². The predicted molar refractivity (Wildman–Crippen MR) is 97.7 cm³/mol. The fourth-order valence-electron chi connectivity index (χ4n) is 4.02. The summed E-state index contributed by atoms with van der Waals surface area (Å²) >= 11 is 0. The molecule has 6 heteroatoms. The van der Waals surface area contributed by atoms with Crippen LogP contribution in [0.3, 0.4) is 0 Å². The van der Waals surface area contributed by atoms with E-state index in [2.05, 4.69) is 27.7 Å². The molecule has 0 aliphatic carbocycles. The topological polar surface area (TPSA) is 39.8 Å². The zero-order chi connectivity index (χ0) is 17.6. The van der Waals surface area contributed by atoms with Crippen molar-refractivity contribution in [2.75, 3.05) is 53.5 Å². The maximum absolute atomic E-state index is 13.2. The van der Waals surface area contributed by atoms with Gasteiger partial charge in [0.25, 0.3) is 0 Å². The molecule has 1 aromatic carbocycles. The number of nitrogens with one attached hydrogen (secondary N) is 2. The Kier molecular flexibility index (Phi) is 6.78. The van der Waals surface area contributed by atoms with E-state index >= 15 is 0 Å². The number of piperidine rings is 1. The first-order chi connectivity index (χ1) is 12.2. The Morgan fingerprint density at radius 2 is 1.96 bits per heavy atom. The number of rotatable bonds is 7. The van der Waals surface area contributed by atoms with Crippen molar-refractivity contribution >= 4 is 0 Å². The van der Waals surface area contributed by atoms with Crippen LogP contribution in [0.4, 0.5) is 4.39 Å². The van der Waals surface area contributed by atoms with E-state index in [1.807, 2.05) is 12.1 Å². The number of benzene rings is 1. The Morgan fingerprint density at radius 3 is 2.64 bits per heavy atom. The van der Waals surface area contributed by atoms with Gasteiger partial charge in [-0.15, -0.1) is 0 Å². The first-order valence-corrected chi connectivity index (χ1v) is 9.32. The molecule has 140 valence electrons. The highest BCUT2D eigenvalue weighted by molar-refractivity contribution is 5.21. The van der Waals surface area contributed by atoms with Crippen molar-refractivity contribution in [3.8, 4) is 0 Å². The first-order valence-electron chi connectivity index (χ1n) is 9.32. The molecule has 2 fully saturated rings. The molecule has 3 rings (SSSR count). The number of methoxy groups -OCH3 is 1. The monoisotopic (exact) mass is 350 g/mol. The summed E-state index contributed by atoms with van der Waals surface area (Å²) in [6, 6.07) is 7.72. The van der Waals surface area contributed by atoms with E-state index in [4.69, 9.17) is 4.74 Å². The van der Waals surface area contributed by atoms with Crippen LogP contribution in [0, 0.1) is 11.7 Å². The van der Waals surface area contributed by atoms with Gasteiger partial charge in [0.2, 0.25) is 0 Å². The summed E-state index contributed by atoms with van der Waals surface area (Å²) in [7, 11) is 3.97. The molecular weight excluding hydrogens is 319 g/mol. The number of halogens is 1. The maximum Gasteiger partial charge on any atom is 0.123 e. The van der Waals surface area contributed by atoms with Gasteiger partial charge in [-0.1, -0.05) is 12.1 Å². The van der Waals surface area contributed by atoms with Gasteiger partial charge in [-0.25, -0.2) is 9.82 Å². The third-order valence-electron chi connectivity index (χ3n) is 5.58. The molecule has 2 saturated heterocycles. The van der Waals surface area contributed by atoms with Crippen molar-refractivity contribution in [1.29, 1.82) is 0 Å². The fourth-order valence-corrected chi connectivity index (χ4v) is 4.02. The second kappa shape index (κ2) is 9.05. The Hall–Kier alpha value is -1.05. The van der Waals surface area contributed by atoms with E-state index in [0.717, 1.165) is 44.9 Å². The number of hydrazine groups is 1. The van der Waals surface area contributed by atoms with Crippen LogP contribution in [-0.2, 0) is 4.74 Å². The van der Waals surface area contributed by atoms with Crippen LogP contribution in [0.1, 0.15) is 24.4 Å². The lowest BCUT2D eigenvalue weighted by atomic mass is 9.93. The summed E-state index contributed by atoms with van der Waals surface area (Å²) in [4.78, 5) is 5.01. The summed E-state index contributed by atoms with van der Waals surface area (Å²) in [6.07, 6.45) is 2.43. The van der Waals surface area contributed by atoms with Crippen LogP contribution in [0.25, 0.3) is 0 Å². The van der Waals surface area contributed by atoms with E-state index in [1.165, 1.54) is 12.8 Å². The third kappa shape index (κ3) is 4.99. The summed E-state index contributed by atoms with van der Waals surface area (Å²) in [5.41, 5.74) is 7.82. The Balaban J connectivity index is 1.65. The molecule has 2 aliphatic rings. The van der Waals surface area contributed by atoms with E-state index < -0.39 is 0 Å². The van der Waals surface area contributed by atoms with Gasteiger partial charge in [-0.2, -0.15) is 0 Å². The molecule has 0 saturated carbocycles. The summed E-state index contributed by atoms with van der Waals surface area (Å²) in [5, 5.41) is 0. The lowest BCUT2D eigenvalue weighted by Crippen LogP contribution is -2.47. The molecule has 0 bridgehead atoms. The number of ether oxygens (including phenoxy) is 1. The number of likely N-dealkylation sites (tertiary alicyclic amines) is 1. The lowest BCUT2D eigenvalue weighted by Gasteiger charge is -2.39. The van der Waals surface area contributed by atoms with Gasteiger partial charge in [0.15, 0.2) is 0 Å². The normalized spacial score (nSPS) is 25.8. The van der Waals surface area contributed by atoms with Gasteiger partial charge in [0.1, 0.15) is 5.82 Å². The zero-order valence-electron chi connectivity index (χ0n) is 15.4. The molecule has 2 aliphatic heterocycles. The minimum atomic E-state index is -0.181. The van der Waals surface area contributed by atoms with Crippen molar-refractivity contribution in [1.82, 2.24) is 20.7 Å². The predicted octanol–water partition coefficient (Wildman–Crippen LogP) is 1.63. The van der Waals surface area contributed by atoms with Crippen LogP contribution in [0.15, 0.2) is 24.3 Å². The largest absolute Gasteiger partial charge is 0.383 e. The van der Waals surface area contributed by atoms with Gasteiger partial charge in [0.05, 0.1) is 12.6 Å². The molecule has 0 radical (unpaired) electrons. The van der Waals surface area contributed by atoms with Gasteiger partial charge in [-0.3, -0.25) is 10.3 Å². The molecule has 1 aromatic rings. The summed E-state index contributed by atoms with van der Waals surface area (Å²) in [5.74, 6) is 0.279. The Bertz CT molecular complexity index is 519. The highest BCUT2D eigenvalue weighted by atomic mass is 19.1. The van der Waals surface area contributed by atoms with E-state index in [0.29, 0.717) is 12.0 Å². The molecule has 0 spiro atoms. The average Bonchev–Trinajstić information content (AvgIpc) is 3.08. The van der Waals surface area contributed by atoms with Crippen LogP contribution in [-0.4, -0.2) is 69.3 Å². The maximum atomic E-state index is 13.2. The van der Waals surface area contributed by atoms with Crippen LogP contribution in [0.5, 0.6) is 0 Å². The molecular formula is C19H31FN4O. The van der Waals surface area contributed by atoms with Crippen molar-refractivity contribution in [2.24, 2.45) is 5.92 Å². The zero-order valence-corrected chi connectivity index (χ0v) is 15.4. The van der Waals surface area contributed by atoms with E-state index in [1.54, 1.807) is 19.2 Å². The van der Waals surface area contributed by atoms with Crippen molar-refractivity contribution in [2.45, 2.75) is 24.9 Å². The van der Waals surface area contributed by atoms with Gasteiger partial charge >= 0.3 is 0 Å². The highest BCUT2D eigenvalue weighted by Gasteiger charge is 2.32. The second-order valence-electron chi connectivity index (χ2n) is 7.34. The average molecular weight is 350 g/mol. The van der Waals surface area contributed by atoms with Gasteiger partial charge < -0.3 is 9.64 Å². The lowest BCUT2D eigenvalue weighted by molar-refractivity contribution is 0.0729. The van der Waals surface area contributed by atoms with E-state index in [-0.39, 0.29) is 11.9 Å². The summed E-state index contributed by atoms with van der Waals surface area (Å²) < 4.78 is 18.6. The molecule has 2 atom stereocenters. The Morgan fingerprint density at radius 1 is 1.24 bits per heavy atom. The van der Waals surface area contributed by atoms with Gasteiger partial charge in [-0.05, 0) is 50.7 Å². The number of hydrogen-bond donors (Lipinski definition) is 2. The molecule has 2 N–H and O–H groups in total. The van der Waals surface area contributed by atoms with Crippen molar-refractivity contribution in [3.05, 3.63) is 35.6 Å². The molecule has 2 heterocycles.